The third-order valence-corrected chi connectivity index (χ3v) is 4.81. The van der Waals surface area contributed by atoms with E-state index in [2.05, 4.69) is 15.5 Å². The molecule has 1 heterocycles. The molecule has 2 N–H and O–H groups in total. The van der Waals surface area contributed by atoms with E-state index >= 15 is 0 Å². The van der Waals surface area contributed by atoms with Gasteiger partial charge in [-0.15, -0.1) is 0 Å². The molecular weight excluding hydrogens is 399 g/mol. The first-order valence-corrected chi connectivity index (χ1v) is 9.87. The predicted octanol–water partition coefficient (Wildman–Crippen LogP) is 3.48. The summed E-state index contributed by atoms with van der Waals surface area (Å²) < 4.78 is 18.7. The van der Waals surface area contributed by atoms with Gasteiger partial charge in [0.1, 0.15) is 11.6 Å². The number of rotatable bonds is 8. The zero-order valence-electron chi connectivity index (χ0n) is 17.7. The number of aromatic amines is 1. The monoisotopic (exact) mass is 424 g/mol. The Morgan fingerprint density at radius 2 is 1.90 bits per heavy atom. The standard InChI is InChI=1S/C23H25FN4O3/c1-28(2)20(29)5-4-14-25-23(30)17-11-13-19-21(22(17)31-3)18(26-27-19)12-8-15-6-9-16(24)10-7-15/h6-13H,4-5,14H2,1-3H3,(H,25,30)(H,26,27). The van der Waals surface area contributed by atoms with Gasteiger partial charge in [0.05, 0.1) is 29.3 Å². The molecule has 0 atom stereocenters. The first kappa shape index (κ1) is 22.0. The maximum absolute atomic E-state index is 13.1. The molecule has 31 heavy (non-hydrogen) atoms. The summed E-state index contributed by atoms with van der Waals surface area (Å²) >= 11 is 0. The van der Waals surface area contributed by atoms with Crippen molar-refractivity contribution in [2.24, 2.45) is 0 Å². The van der Waals surface area contributed by atoms with Crippen LogP contribution in [0.4, 0.5) is 4.39 Å². The Labute approximate surface area is 179 Å². The van der Waals surface area contributed by atoms with Gasteiger partial charge < -0.3 is 15.0 Å². The number of hydrogen-bond acceptors (Lipinski definition) is 4. The first-order chi connectivity index (χ1) is 14.9. The van der Waals surface area contributed by atoms with Crippen LogP contribution in [0.15, 0.2) is 36.4 Å². The summed E-state index contributed by atoms with van der Waals surface area (Å²) in [6, 6.07) is 9.54. The number of benzene rings is 2. The fraction of sp³-hybridized carbons (Fsp3) is 0.261. The molecular formula is C23H25FN4O3. The van der Waals surface area contributed by atoms with E-state index in [1.54, 1.807) is 44.4 Å². The maximum Gasteiger partial charge on any atom is 0.255 e. The first-order valence-electron chi connectivity index (χ1n) is 9.87. The number of hydrogen-bond donors (Lipinski definition) is 2. The van der Waals surface area contributed by atoms with Crippen molar-refractivity contribution in [1.29, 1.82) is 0 Å². The van der Waals surface area contributed by atoms with Crippen LogP contribution in [0.5, 0.6) is 5.75 Å². The highest BCUT2D eigenvalue weighted by Gasteiger charge is 2.18. The van der Waals surface area contributed by atoms with Crippen LogP contribution in [-0.2, 0) is 4.79 Å². The van der Waals surface area contributed by atoms with Crippen molar-refractivity contribution in [1.82, 2.24) is 20.4 Å². The fourth-order valence-corrected chi connectivity index (χ4v) is 3.13. The highest BCUT2D eigenvalue weighted by molar-refractivity contribution is 6.05. The zero-order valence-corrected chi connectivity index (χ0v) is 17.7. The van der Waals surface area contributed by atoms with E-state index in [1.165, 1.54) is 24.1 Å². The Balaban J connectivity index is 1.80. The van der Waals surface area contributed by atoms with E-state index in [-0.39, 0.29) is 17.6 Å². The lowest BCUT2D eigenvalue weighted by molar-refractivity contribution is -0.128. The molecule has 8 heteroatoms. The Hall–Kier alpha value is -3.68. The molecule has 0 spiro atoms. The molecule has 2 aromatic carbocycles. The van der Waals surface area contributed by atoms with Crippen molar-refractivity contribution < 1.29 is 18.7 Å². The Bertz CT molecular complexity index is 1100. The molecule has 0 aliphatic heterocycles. The van der Waals surface area contributed by atoms with Gasteiger partial charge in [-0.25, -0.2) is 4.39 Å². The topological polar surface area (TPSA) is 87.3 Å². The molecule has 0 saturated carbocycles. The molecule has 0 aliphatic rings. The molecule has 0 unspecified atom stereocenters. The average molecular weight is 424 g/mol. The van der Waals surface area contributed by atoms with Crippen molar-refractivity contribution in [2.45, 2.75) is 12.8 Å². The summed E-state index contributed by atoms with van der Waals surface area (Å²) in [6.07, 6.45) is 4.50. The number of carbonyl (C=O) groups is 2. The van der Waals surface area contributed by atoms with Gasteiger partial charge in [-0.05, 0) is 42.3 Å². The lowest BCUT2D eigenvalue weighted by Gasteiger charge is -2.12. The molecule has 0 saturated heterocycles. The van der Waals surface area contributed by atoms with Crippen LogP contribution in [0, 0.1) is 5.82 Å². The molecule has 0 radical (unpaired) electrons. The number of methoxy groups -OCH3 is 1. The third-order valence-electron chi connectivity index (χ3n) is 4.81. The number of carbonyl (C=O) groups excluding carboxylic acids is 2. The second-order valence-electron chi connectivity index (χ2n) is 7.21. The summed E-state index contributed by atoms with van der Waals surface area (Å²) in [5.74, 6) is -0.160. The van der Waals surface area contributed by atoms with E-state index < -0.39 is 0 Å². The van der Waals surface area contributed by atoms with Crippen LogP contribution in [0.1, 0.15) is 34.5 Å². The smallest absolute Gasteiger partial charge is 0.255 e. The van der Waals surface area contributed by atoms with Gasteiger partial charge in [-0.1, -0.05) is 18.2 Å². The van der Waals surface area contributed by atoms with Gasteiger partial charge in [-0.2, -0.15) is 5.10 Å². The van der Waals surface area contributed by atoms with Gasteiger partial charge in [-0.3, -0.25) is 14.7 Å². The minimum Gasteiger partial charge on any atom is -0.495 e. The molecule has 0 bridgehead atoms. The van der Waals surface area contributed by atoms with E-state index in [0.717, 1.165) is 11.1 Å². The normalized spacial score (nSPS) is 11.1. The Kier molecular flexibility index (Phi) is 7.02. The SMILES string of the molecule is COc1c(C(=O)NCCCC(=O)N(C)C)ccc2[nH]nc(C=Cc3ccc(F)cc3)c12. The third kappa shape index (κ3) is 5.28. The van der Waals surface area contributed by atoms with E-state index in [1.807, 2.05) is 6.08 Å². The van der Waals surface area contributed by atoms with E-state index in [9.17, 15) is 14.0 Å². The van der Waals surface area contributed by atoms with Crippen molar-refractivity contribution in [3.05, 3.63) is 59.0 Å². The maximum atomic E-state index is 13.1. The fourth-order valence-electron chi connectivity index (χ4n) is 3.13. The van der Waals surface area contributed by atoms with Crippen molar-refractivity contribution in [3.63, 3.8) is 0 Å². The minimum absolute atomic E-state index is 0.0178. The highest BCUT2D eigenvalue weighted by Crippen LogP contribution is 2.32. The second kappa shape index (κ2) is 9.88. The Morgan fingerprint density at radius 1 is 1.16 bits per heavy atom. The van der Waals surface area contributed by atoms with Gasteiger partial charge in [0.15, 0.2) is 0 Å². The van der Waals surface area contributed by atoms with Crippen LogP contribution in [0.2, 0.25) is 0 Å². The largest absolute Gasteiger partial charge is 0.495 e. The summed E-state index contributed by atoms with van der Waals surface area (Å²) in [5.41, 5.74) is 2.52. The van der Waals surface area contributed by atoms with Gasteiger partial charge in [0.25, 0.3) is 5.91 Å². The minimum atomic E-state index is -0.300. The quantitative estimate of drug-likeness (QED) is 0.542. The number of nitrogens with zero attached hydrogens (tertiary/aromatic N) is 2. The lowest BCUT2D eigenvalue weighted by Crippen LogP contribution is -2.27. The summed E-state index contributed by atoms with van der Waals surface area (Å²) in [5, 5.41) is 10.8. The van der Waals surface area contributed by atoms with Crippen molar-refractivity contribution in [3.8, 4) is 5.75 Å². The van der Waals surface area contributed by atoms with Crippen LogP contribution >= 0.6 is 0 Å². The Morgan fingerprint density at radius 3 is 2.58 bits per heavy atom. The summed E-state index contributed by atoms with van der Waals surface area (Å²) in [4.78, 5) is 25.9. The molecule has 2 amide bonds. The average Bonchev–Trinajstić information content (AvgIpc) is 3.18. The number of ether oxygens (including phenoxy) is 1. The zero-order chi connectivity index (χ0) is 22.4. The molecule has 162 valence electrons. The van der Waals surface area contributed by atoms with Crippen molar-refractivity contribution in [2.75, 3.05) is 27.7 Å². The number of fused-ring (bicyclic) bond motifs is 1. The second-order valence-corrected chi connectivity index (χ2v) is 7.21. The number of H-pyrrole nitrogens is 1. The van der Waals surface area contributed by atoms with E-state index in [0.29, 0.717) is 41.8 Å². The number of halogens is 1. The lowest BCUT2D eigenvalue weighted by atomic mass is 10.1. The van der Waals surface area contributed by atoms with Gasteiger partial charge in [0, 0.05) is 27.1 Å². The van der Waals surface area contributed by atoms with Gasteiger partial charge >= 0.3 is 0 Å². The summed E-state index contributed by atoms with van der Waals surface area (Å²) in [6.45, 7) is 0.377. The molecule has 0 fully saturated rings. The van der Waals surface area contributed by atoms with Crippen LogP contribution in [0.25, 0.3) is 23.1 Å². The van der Waals surface area contributed by atoms with Crippen LogP contribution in [0.3, 0.4) is 0 Å². The molecule has 3 aromatic rings. The van der Waals surface area contributed by atoms with Crippen molar-refractivity contribution >= 4 is 34.9 Å². The van der Waals surface area contributed by atoms with Gasteiger partial charge in [0.2, 0.25) is 5.91 Å². The predicted molar refractivity (Wildman–Crippen MR) is 118 cm³/mol. The number of amides is 2. The molecule has 7 nitrogen and oxygen atoms in total. The molecule has 0 aliphatic carbocycles. The number of aromatic nitrogens is 2. The summed E-state index contributed by atoms with van der Waals surface area (Å²) in [7, 11) is 4.91. The van der Waals surface area contributed by atoms with Crippen LogP contribution in [-0.4, -0.2) is 54.7 Å². The highest BCUT2D eigenvalue weighted by atomic mass is 19.1. The molecule has 1 aromatic heterocycles. The van der Waals surface area contributed by atoms with E-state index in [4.69, 9.17) is 4.74 Å². The number of nitrogens with one attached hydrogen (secondary N) is 2. The van der Waals surface area contributed by atoms with Crippen LogP contribution < -0.4 is 10.1 Å². The molecule has 3 rings (SSSR count).